The van der Waals surface area contributed by atoms with Gasteiger partial charge in [-0.15, -0.1) is 11.3 Å². The molecule has 0 aliphatic rings. The van der Waals surface area contributed by atoms with Crippen molar-refractivity contribution >= 4 is 11.3 Å². The van der Waals surface area contributed by atoms with Gasteiger partial charge in [0.2, 0.25) is 5.82 Å². The Morgan fingerprint density at radius 2 is 2.32 bits per heavy atom. The van der Waals surface area contributed by atoms with Crippen LogP contribution in [-0.2, 0) is 4.74 Å². The normalized spacial score (nSPS) is 12.6. The Hall–Kier alpha value is -1.71. The third-order valence-electron chi connectivity index (χ3n) is 2.63. The highest BCUT2D eigenvalue weighted by Crippen LogP contribution is 2.30. The Bertz CT molecular complexity index is 583. The number of aromatic nitrogens is 2. The first kappa shape index (κ1) is 13.7. The fourth-order valence-corrected chi connectivity index (χ4v) is 2.51. The van der Waals surface area contributed by atoms with E-state index in [-0.39, 0.29) is 12.0 Å². The Labute approximate surface area is 115 Å². The van der Waals surface area contributed by atoms with Gasteiger partial charge in [0, 0.05) is 6.61 Å². The Balaban J connectivity index is 2.31. The van der Waals surface area contributed by atoms with Crippen LogP contribution in [-0.4, -0.2) is 16.7 Å². The van der Waals surface area contributed by atoms with Crippen molar-refractivity contribution in [2.75, 3.05) is 6.61 Å². The molecule has 2 aromatic rings. The molecule has 2 rings (SSSR count). The maximum atomic E-state index is 9.00. The highest BCUT2D eigenvalue weighted by atomic mass is 32.1. The average molecular weight is 277 g/mol. The van der Waals surface area contributed by atoms with Crippen molar-refractivity contribution in [2.24, 2.45) is 5.92 Å². The van der Waals surface area contributed by atoms with Gasteiger partial charge < -0.3 is 9.26 Å². The minimum Gasteiger partial charge on any atom is -0.370 e. The number of ether oxygens (including phenoxy) is 1. The zero-order valence-corrected chi connectivity index (χ0v) is 11.9. The number of nitriles is 1. The van der Waals surface area contributed by atoms with Gasteiger partial charge in [0.15, 0.2) is 0 Å². The second-order valence-electron chi connectivity index (χ2n) is 4.35. The van der Waals surface area contributed by atoms with Crippen LogP contribution in [0.5, 0.6) is 0 Å². The standard InChI is InChI=1S/C13H15N3O2S/c1-4-17-10(8(2)3)12-15-13(18-16-12)11-9(7-14)5-6-19-11/h5-6,8,10H,4H2,1-3H3. The molecule has 0 saturated heterocycles. The third kappa shape index (κ3) is 2.83. The maximum absolute atomic E-state index is 9.00. The predicted octanol–water partition coefficient (Wildman–Crippen LogP) is 3.40. The van der Waals surface area contributed by atoms with Gasteiger partial charge in [-0.25, -0.2) is 0 Å². The van der Waals surface area contributed by atoms with Crippen LogP contribution in [0.2, 0.25) is 0 Å². The van der Waals surface area contributed by atoms with Crippen molar-refractivity contribution in [1.82, 2.24) is 10.1 Å². The fourth-order valence-electron chi connectivity index (χ4n) is 1.75. The van der Waals surface area contributed by atoms with Crippen LogP contribution >= 0.6 is 11.3 Å². The monoisotopic (exact) mass is 277 g/mol. The smallest absolute Gasteiger partial charge is 0.269 e. The van der Waals surface area contributed by atoms with E-state index in [1.54, 1.807) is 6.07 Å². The van der Waals surface area contributed by atoms with Gasteiger partial charge in [0.05, 0.1) is 5.56 Å². The van der Waals surface area contributed by atoms with E-state index in [4.69, 9.17) is 14.5 Å². The van der Waals surface area contributed by atoms with E-state index >= 15 is 0 Å². The molecule has 0 saturated carbocycles. The number of rotatable bonds is 5. The lowest BCUT2D eigenvalue weighted by Crippen LogP contribution is -2.12. The molecule has 6 heteroatoms. The molecule has 100 valence electrons. The molecular weight excluding hydrogens is 262 g/mol. The third-order valence-corrected chi connectivity index (χ3v) is 3.53. The van der Waals surface area contributed by atoms with E-state index < -0.39 is 0 Å². The molecule has 0 radical (unpaired) electrons. The first-order valence-corrected chi connectivity index (χ1v) is 6.98. The van der Waals surface area contributed by atoms with E-state index in [9.17, 15) is 0 Å². The lowest BCUT2D eigenvalue weighted by atomic mass is 10.1. The summed E-state index contributed by atoms with van der Waals surface area (Å²) in [6.45, 7) is 6.61. The van der Waals surface area contributed by atoms with Gasteiger partial charge in [-0.2, -0.15) is 10.2 Å². The molecule has 0 aliphatic carbocycles. The van der Waals surface area contributed by atoms with Crippen molar-refractivity contribution in [2.45, 2.75) is 26.9 Å². The molecule has 2 aromatic heterocycles. The summed E-state index contributed by atoms with van der Waals surface area (Å²) in [5, 5.41) is 14.8. The largest absolute Gasteiger partial charge is 0.370 e. The summed E-state index contributed by atoms with van der Waals surface area (Å²) in [5.41, 5.74) is 0.553. The van der Waals surface area contributed by atoms with Crippen LogP contribution in [0.15, 0.2) is 16.0 Å². The maximum Gasteiger partial charge on any atom is 0.269 e. The van der Waals surface area contributed by atoms with E-state index in [0.29, 0.717) is 28.8 Å². The zero-order chi connectivity index (χ0) is 13.8. The van der Waals surface area contributed by atoms with Crippen LogP contribution in [0.4, 0.5) is 0 Å². The number of thiophene rings is 1. The van der Waals surface area contributed by atoms with Crippen LogP contribution in [0.25, 0.3) is 10.8 Å². The molecule has 1 unspecified atom stereocenters. The Kier molecular flexibility index (Phi) is 4.30. The lowest BCUT2D eigenvalue weighted by Gasteiger charge is -2.16. The molecule has 0 fully saturated rings. The van der Waals surface area contributed by atoms with Gasteiger partial charge in [-0.3, -0.25) is 0 Å². The number of hydrogen-bond acceptors (Lipinski definition) is 6. The summed E-state index contributed by atoms with van der Waals surface area (Å²) in [6, 6.07) is 3.85. The molecule has 0 spiro atoms. The van der Waals surface area contributed by atoms with E-state index in [2.05, 4.69) is 16.2 Å². The van der Waals surface area contributed by atoms with Crippen molar-refractivity contribution < 1.29 is 9.26 Å². The zero-order valence-electron chi connectivity index (χ0n) is 11.1. The molecule has 0 aromatic carbocycles. The highest BCUT2D eigenvalue weighted by molar-refractivity contribution is 7.13. The predicted molar refractivity (Wildman–Crippen MR) is 71.5 cm³/mol. The summed E-state index contributed by atoms with van der Waals surface area (Å²) >= 11 is 1.41. The molecule has 0 N–H and O–H groups in total. The van der Waals surface area contributed by atoms with E-state index in [1.165, 1.54) is 11.3 Å². The quantitative estimate of drug-likeness (QED) is 0.837. The van der Waals surface area contributed by atoms with Crippen LogP contribution in [0.3, 0.4) is 0 Å². The van der Waals surface area contributed by atoms with E-state index in [0.717, 1.165) is 0 Å². The van der Waals surface area contributed by atoms with Gasteiger partial charge in [0.1, 0.15) is 17.1 Å². The Morgan fingerprint density at radius 3 is 2.95 bits per heavy atom. The second-order valence-corrected chi connectivity index (χ2v) is 5.27. The van der Waals surface area contributed by atoms with Crippen molar-refractivity contribution in [1.29, 1.82) is 5.26 Å². The lowest BCUT2D eigenvalue weighted by molar-refractivity contribution is 0.0217. The first-order chi connectivity index (χ1) is 9.17. The van der Waals surface area contributed by atoms with Gasteiger partial charge in [0.25, 0.3) is 5.89 Å². The van der Waals surface area contributed by atoms with Crippen molar-refractivity contribution in [3.63, 3.8) is 0 Å². The molecule has 19 heavy (non-hydrogen) atoms. The summed E-state index contributed by atoms with van der Waals surface area (Å²) < 4.78 is 10.9. The summed E-state index contributed by atoms with van der Waals surface area (Å²) in [4.78, 5) is 5.07. The summed E-state index contributed by atoms with van der Waals surface area (Å²) in [6.07, 6.45) is -0.187. The Morgan fingerprint density at radius 1 is 1.53 bits per heavy atom. The number of hydrogen-bond donors (Lipinski definition) is 0. The van der Waals surface area contributed by atoms with Gasteiger partial charge in [-0.1, -0.05) is 19.0 Å². The molecule has 5 nitrogen and oxygen atoms in total. The topological polar surface area (TPSA) is 71.9 Å². The summed E-state index contributed by atoms with van der Waals surface area (Å²) in [5.74, 6) is 1.17. The number of nitrogens with zero attached hydrogens (tertiary/aromatic N) is 3. The minimum atomic E-state index is -0.187. The van der Waals surface area contributed by atoms with Gasteiger partial charge >= 0.3 is 0 Å². The molecule has 2 heterocycles. The fraction of sp³-hybridized carbons (Fsp3) is 0.462. The highest BCUT2D eigenvalue weighted by Gasteiger charge is 2.23. The SMILES string of the molecule is CCOC(c1noc(-c2sccc2C#N)n1)C(C)C. The van der Waals surface area contributed by atoms with Crippen molar-refractivity contribution in [3.05, 3.63) is 22.8 Å². The van der Waals surface area contributed by atoms with Crippen LogP contribution in [0, 0.1) is 17.2 Å². The van der Waals surface area contributed by atoms with Crippen LogP contribution < -0.4 is 0 Å². The van der Waals surface area contributed by atoms with Crippen LogP contribution in [0.1, 0.15) is 38.3 Å². The molecule has 0 aliphatic heterocycles. The van der Waals surface area contributed by atoms with E-state index in [1.807, 2.05) is 26.2 Å². The molecule has 1 atom stereocenters. The van der Waals surface area contributed by atoms with Gasteiger partial charge in [-0.05, 0) is 24.3 Å². The summed E-state index contributed by atoms with van der Waals surface area (Å²) in [7, 11) is 0. The molecular formula is C13H15N3O2S. The van der Waals surface area contributed by atoms with Crippen molar-refractivity contribution in [3.8, 4) is 16.8 Å². The average Bonchev–Trinajstić information content (AvgIpc) is 3.03. The second kappa shape index (κ2) is 5.95. The molecule has 0 amide bonds. The molecule has 0 bridgehead atoms. The minimum absolute atomic E-state index is 0.187. The first-order valence-electron chi connectivity index (χ1n) is 6.10.